The molecule has 1 aromatic carbocycles. The van der Waals surface area contributed by atoms with Crippen LogP contribution in [-0.2, 0) is 9.53 Å². The molecule has 1 atom stereocenters. The van der Waals surface area contributed by atoms with Crippen LogP contribution in [0.15, 0.2) is 42.6 Å². The summed E-state index contributed by atoms with van der Waals surface area (Å²) in [7, 11) is 1.33. The molecule has 0 aliphatic carbocycles. The Hall–Kier alpha value is -2.69. The normalized spacial score (nSPS) is 11.6. The SMILES string of the molecule is COC(=O)CC(NC(=O)c1ccc(C)nc1)c1ccc(C)cc1. The van der Waals surface area contributed by atoms with Gasteiger partial charge in [0.1, 0.15) is 0 Å². The number of nitrogens with one attached hydrogen (secondary N) is 1. The topological polar surface area (TPSA) is 68.3 Å². The minimum atomic E-state index is -0.447. The standard InChI is InChI=1S/C18H20N2O3/c1-12-4-7-14(8-5-12)16(10-17(21)23-3)20-18(22)15-9-6-13(2)19-11-15/h4-9,11,16H,10H2,1-3H3,(H,20,22). The van der Waals surface area contributed by atoms with Gasteiger partial charge in [0.05, 0.1) is 25.1 Å². The van der Waals surface area contributed by atoms with E-state index in [1.54, 1.807) is 12.1 Å². The lowest BCUT2D eigenvalue weighted by Crippen LogP contribution is -2.30. The summed E-state index contributed by atoms with van der Waals surface area (Å²) in [5, 5.41) is 2.87. The van der Waals surface area contributed by atoms with Crippen molar-refractivity contribution in [3.8, 4) is 0 Å². The largest absolute Gasteiger partial charge is 0.469 e. The van der Waals surface area contributed by atoms with Crippen LogP contribution in [-0.4, -0.2) is 24.0 Å². The molecule has 0 fully saturated rings. The summed E-state index contributed by atoms with van der Waals surface area (Å²) in [5.41, 5.74) is 3.26. The number of methoxy groups -OCH3 is 1. The molecule has 1 heterocycles. The fourth-order valence-electron chi connectivity index (χ4n) is 2.14. The van der Waals surface area contributed by atoms with Gasteiger partial charge in [0.2, 0.25) is 0 Å². The van der Waals surface area contributed by atoms with Crippen molar-refractivity contribution in [2.75, 3.05) is 7.11 Å². The highest BCUT2D eigenvalue weighted by Crippen LogP contribution is 2.19. The third-order valence-corrected chi connectivity index (χ3v) is 3.56. The van der Waals surface area contributed by atoms with Gasteiger partial charge in [0.15, 0.2) is 0 Å². The minimum Gasteiger partial charge on any atom is -0.469 e. The van der Waals surface area contributed by atoms with E-state index in [2.05, 4.69) is 10.3 Å². The Kier molecular flexibility index (Phi) is 5.46. The van der Waals surface area contributed by atoms with Crippen molar-refractivity contribution in [2.24, 2.45) is 0 Å². The van der Waals surface area contributed by atoms with E-state index in [0.29, 0.717) is 5.56 Å². The molecular weight excluding hydrogens is 292 g/mol. The highest BCUT2D eigenvalue weighted by Gasteiger charge is 2.19. The Balaban J connectivity index is 2.19. The molecule has 120 valence electrons. The monoisotopic (exact) mass is 312 g/mol. The van der Waals surface area contributed by atoms with Crippen LogP contribution in [0.5, 0.6) is 0 Å². The Morgan fingerprint density at radius 1 is 1.13 bits per heavy atom. The van der Waals surface area contributed by atoms with Gasteiger partial charge in [0.25, 0.3) is 5.91 Å². The molecule has 0 radical (unpaired) electrons. The lowest BCUT2D eigenvalue weighted by molar-refractivity contribution is -0.141. The lowest BCUT2D eigenvalue weighted by Gasteiger charge is -2.18. The van der Waals surface area contributed by atoms with Crippen LogP contribution in [0.2, 0.25) is 0 Å². The Bertz CT molecular complexity index is 678. The predicted octanol–water partition coefficient (Wildman–Crippen LogP) is 2.73. The third kappa shape index (κ3) is 4.64. The maximum Gasteiger partial charge on any atom is 0.307 e. The summed E-state index contributed by atoms with van der Waals surface area (Å²) < 4.78 is 4.73. The van der Waals surface area contributed by atoms with Crippen molar-refractivity contribution in [2.45, 2.75) is 26.3 Å². The molecule has 0 saturated heterocycles. The number of rotatable bonds is 5. The molecule has 2 rings (SSSR count). The first-order valence-corrected chi connectivity index (χ1v) is 7.36. The number of amides is 1. The number of aryl methyl sites for hydroxylation is 2. The third-order valence-electron chi connectivity index (χ3n) is 3.56. The van der Waals surface area contributed by atoms with E-state index in [-0.39, 0.29) is 18.3 Å². The fraction of sp³-hybridized carbons (Fsp3) is 0.278. The lowest BCUT2D eigenvalue weighted by atomic mass is 10.0. The maximum atomic E-state index is 12.4. The van der Waals surface area contributed by atoms with Crippen molar-refractivity contribution >= 4 is 11.9 Å². The number of aromatic nitrogens is 1. The second-order valence-corrected chi connectivity index (χ2v) is 5.41. The molecule has 2 aromatic rings. The number of pyridine rings is 1. The minimum absolute atomic E-state index is 0.0740. The summed E-state index contributed by atoms with van der Waals surface area (Å²) in [6.07, 6.45) is 1.60. The molecule has 0 aliphatic heterocycles. The Morgan fingerprint density at radius 3 is 2.39 bits per heavy atom. The first-order valence-electron chi connectivity index (χ1n) is 7.36. The van der Waals surface area contributed by atoms with Crippen molar-refractivity contribution in [1.82, 2.24) is 10.3 Å². The predicted molar refractivity (Wildman–Crippen MR) is 87.0 cm³/mol. The molecule has 1 amide bonds. The number of ether oxygens (including phenoxy) is 1. The van der Waals surface area contributed by atoms with Crippen LogP contribution in [0.3, 0.4) is 0 Å². The summed E-state index contributed by atoms with van der Waals surface area (Å²) >= 11 is 0. The van der Waals surface area contributed by atoms with Gasteiger partial charge in [0, 0.05) is 11.9 Å². The van der Waals surface area contributed by atoms with Crippen LogP contribution >= 0.6 is 0 Å². The Labute approximate surface area is 135 Å². The van der Waals surface area contributed by atoms with Gasteiger partial charge in [-0.2, -0.15) is 0 Å². The fourth-order valence-corrected chi connectivity index (χ4v) is 2.14. The van der Waals surface area contributed by atoms with Gasteiger partial charge in [-0.25, -0.2) is 0 Å². The van der Waals surface area contributed by atoms with Crippen LogP contribution in [0, 0.1) is 13.8 Å². The van der Waals surface area contributed by atoms with Crippen molar-refractivity contribution in [3.05, 3.63) is 65.0 Å². The molecule has 1 N–H and O–H groups in total. The van der Waals surface area contributed by atoms with E-state index in [9.17, 15) is 9.59 Å². The summed E-state index contributed by atoms with van der Waals surface area (Å²) in [6, 6.07) is 10.7. The number of esters is 1. The van der Waals surface area contributed by atoms with E-state index in [1.165, 1.54) is 13.3 Å². The average Bonchev–Trinajstić information content (AvgIpc) is 2.55. The maximum absolute atomic E-state index is 12.4. The van der Waals surface area contributed by atoms with Gasteiger partial charge in [-0.05, 0) is 31.5 Å². The van der Waals surface area contributed by atoms with Crippen LogP contribution in [0.1, 0.15) is 39.6 Å². The molecule has 5 nitrogen and oxygen atoms in total. The molecule has 0 bridgehead atoms. The highest BCUT2D eigenvalue weighted by atomic mass is 16.5. The zero-order valence-electron chi connectivity index (χ0n) is 13.5. The Morgan fingerprint density at radius 2 is 1.83 bits per heavy atom. The van der Waals surface area contributed by atoms with Crippen LogP contribution in [0.25, 0.3) is 0 Å². The summed E-state index contributed by atoms with van der Waals surface area (Å²) in [4.78, 5) is 28.1. The molecule has 1 unspecified atom stereocenters. The molecule has 0 saturated carbocycles. The van der Waals surface area contributed by atoms with Gasteiger partial charge in [-0.15, -0.1) is 0 Å². The first-order chi connectivity index (χ1) is 11.0. The van der Waals surface area contributed by atoms with E-state index < -0.39 is 6.04 Å². The van der Waals surface area contributed by atoms with E-state index in [4.69, 9.17) is 4.74 Å². The summed E-state index contributed by atoms with van der Waals surface area (Å²) in [5.74, 6) is -0.648. The van der Waals surface area contributed by atoms with E-state index in [1.807, 2.05) is 38.1 Å². The molecule has 23 heavy (non-hydrogen) atoms. The highest BCUT2D eigenvalue weighted by molar-refractivity contribution is 5.94. The van der Waals surface area contributed by atoms with Gasteiger partial charge < -0.3 is 10.1 Å². The van der Waals surface area contributed by atoms with Crippen molar-refractivity contribution in [3.63, 3.8) is 0 Å². The van der Waals surface area contributed by atoms with E-state index in [0.717, 1.165) is 16.8 Å². The molecule has 0 aliphatic rings. The van der Waals surface area contributed by atoms with Gasteiger partial charge in [-0.3, -0.25) is 14.6 Å². The summed E-state index contributed by atoms with van der Waals surface area (Å²) in [6.45, 7) is 3.84. The molecule has 5 heteroatoms. The number of hydrogen-bond acceptors (Lipinski definition) is 4. The first kappa shape index (κ1) is 16.7. The number of nitrogens with zero attached hydrogens (tertiary/aromatic N) is 1. The number of carbonyl (C=O) groups is 2. The van der Waals surface area contributed by atoms with E-state index >= 15 is 0 Å². The molecule has 1 aromatic heterocycles. The quantitative estimate of drug-likeness (QED) is 0.862. The van der Waals surface area contributed by atoms with Crippen molar-refractivity contribution < 1.29 is 14.3 Å². The zero-order valence-corrected chi connectivity index (χ0v) is 13.5. The van der Waals surface area contributed by atoms with Crippen LogP contribution < -0.4 is 5.32 Å². The number of hydrogen-bond donors (Lipinski definition) is 1. The van der Waals surface area contributed by atoms with Crippen LogP contribution in [0.4, 0.5) is 0 Å². The number of benzene rings is 1. The second-order valence-electron chi connectivity index (χ2n) is 5.41. The molecule has 0 spiro atoms. The number of carbonyl (C=O) groups excluding carboxylic acids is 2. The average molecular weight is 312 g/mol. The molecular formula is C18H20N2O3. The van der Waals surface area contributed by atoms with Gasteiger partial charge in [-0.1, -0.05) is 29.8 Å². The smallest absolute Gasteiger partial charge is 0.307 e. The zero-order chi connectivity index (χ0) is 16.8. The van der Waals surface area contributed by atoms with Crippen molar-refractivity contribution in [1.29, 1.82) is 0 Å². The second kappa shape index (κ2) is 7.54. The van der Waals surface area contributed by atoms with Gasteiger partial charge >= 0.3 is 5.97 Å².